The summed E-state index contributed by atoms with van der Waals surface area (Å²) in [4.78, 5) is 20.5. The molecule has 1 unspecified atom stereocenters. The molecule has 2 N–H and O–H groups in total. The minimum absolute atomic E-state index is 0. The van der Waals surface area contributed by atoms with Crippen molar-refractivity contribution in [2.45, 2.75) is 19.0 Å². The van der Waals surface area contributed by atoms with E-state index in [0.29, 0.717) is 19.6 Å². The number of ether oxygens (including phenoxy) is 1. The molecule has 1 saturated heterocycles. The number of morpholine rings is 1. The summed E-state index contributed by atoms with van der Waals surface area (Å²) in [6, 6.07) is 3.95. The average Bonchev–Trinajstić information content (AvgIpc) is 3.04. The normalized spacial score (nSPS) is 16.6. The summed E-state index contributed by atoms with van der Waals surface area (Å²) >= 11 is 1.55. The second-order valence-electron chi connectivity index (χ2n) is 5.07. The Bertz CT molecular complexity index is 621. The van der Waals surface area contributed by atoms with Gasteiger partial charge in [0, 0.05) is 42.3 Å². The smallest absolute Gasteiger partial charge is 0.222 e. The number of carbonyl (C=O) groups excluding carboxylic acids is 1. The molecule has 1 fully saturated rings. The van der Waals surface area contributed by atoms with Gasteiger partial charge in [0.1, 0.15) is 5.01 Å². The topological polar surface area (TPSA) is 76.1 Å². The molecule has 3 rings (SSSR count). The maximum atomic E-state index is 11.9. The number of carbonyl (C=O) groups is 1. The largest absolute Gasteiger partial charge is 0.378 e. The zero-order valence-electron chi connectivity index (χ0n) is 12.9. The minimum Gasteiger partial charge on any atom is -0.378 e. The van der Waals surface area contributed by atoms with E-state index in [9.17, 15) is 4.79 Å². The van der Waals surface area contributed by atoms with Crippen LogP contribution in [-0.4, -0.2) is 41.7 Å². The fourth-order valence-electron chi connectivity index (χ4n) is 2.27. The third kappa shape index (κ3) is 5.99. The van der Waals surface area contributed by atoms with Gasteiger partial charge in [0.05, 0.1) is 25.5 Å². The first kappa shape index (κ1) is 20.8. The number of nitrogens with zero attached hydrogens (tertiary/aromatic N) is 2. The molecular formula is C15H20Cl2N4O2S. The van der Waals surface area contributed by atoms with Gasteiger partial charge in [0.15, 0.2) is 0 Å². The van der Waals surface area contributed by atoms with Gasteiger partial charge in [-0.15, -0.1) is 36.2 Å². The number of rotatable bonds is 5. The molecule has 1 aliphatic heterocycles. The number of nitrogens with one attached hydrogen (secondary N) is 2. The Morgan fingerprint density at radius 1 is 1.38 bits per heavy atom. The fraction of sp³-hybridized carbons (Fsp3) is 0.400. The number of hydrogen-bond acceptors (Lipinski definition) is 6. The van der Waals surface area contributed by atoms with Gasteiger partial charge in [-0.1, -0.05) is 0 Å². The first-order valence-electron chi connectivity index (χ1n) is 7.24. The van der Waals surface area contributed by atoms with Gasteiger partial charge in [0.25, 0.3) is 0 Å². The maximum Gasteiger partial charge on any atom is 0.222 e. The van der Waals surface area contributed by atoms with Crippen molar-refractivity contribution in [1.29, 1.82) is 0 Å². The van der Waals surface area contributed by atoms with Crippen LogP contribution in [0, 0.1) is 0 Å². The molecule has 1 atom stereocenters. The molecule has 9 heteroatoms. The zero-order chi connectivity index (χ0) is 15.2. The van der Waals surface area contributed by atoms with Crippen molar-refractivity contribution >= 4 is 42.1 Å². The predicted molar refractivity (Wildman–Crippen MR) is 98.9 cm³/mol. The van der Waals surface area contributed by atoms with Gasteiger partial charge in [-0.05, 0) is 12.1 Å². The van der Waals surface area contributed by atoms with Crippen LogP contribution >= 0.6 is 36.2 Å². The molecule has 2 aromatic heterocycles. The van der Waals surface area contributed by atoms with E-state index >= 15 is 0 Å². The van der Waals surface area contributed by atoms with Crippen LogP contribution in [0.3, 0.4) is 0 Å². The Morgan fingerprint density at radius 3 is 2.88 bits per heavy atom. The molecule has 1 amide bonds. The van der Waals surface area contributed by atoms with Gasteiger partial charge in [-0.2, -0.15) is 0 Å². The summed E-state index contributed by atoms with van der Waals surface area (Å²) in [7, 11) is 0. The number of aromatic nitrogens is 2. The van der Waals surface area contributed by atoms with Gasteiger partial charge < -0.3 is 15.4 Å². The number of amides is 1. The summed E-state index contributed by atoms with van der Waals surface area (Å²) in [5, 5.41) is 9.07. The van der Waals surface area contributed by atoms with Gasteiger partial charge in [-0.3, -0.25) is 9.78 Å². The molecule has 0 saturated carbocycles. The third-order valence-electron chi connectivity index (χ3n) is 3.39. The third-order valence-corrected chi connectivity index (χ3v) is 4.24. The highest BCUT2D eigenvalue weighted by Crippen LogP contribution is 2.20. The number of halogens is 2. The average molecular weight is 391 g/mol. The van der Waals surface area contributed by atoms with Crippen LogP contribution in [0.5, 0.6) is 0 Å². The maximum absolute atomic E-state index is 11.9. The molecule has 2 aromatic rings. The van der Waals surface area contributed by atoms with Crippen LogP contribution < -0.4 is 10.6 Å². The van der Waals surface area contributed by atoms with Gasteiger partial charge in [0.2, 0.25) is 5.91 Å². The van der Waals surface area contributed by atoms with Crippen LogP contribution in [0.1, 0.15) is 11.4 Å². The van der Waals surface area contributed by atoms with E-state index < -0.39 is 0 Å². The summed E-state index contributed by atoms with van der Waals surface area (Å²) in [6.07, 6.45) is 3.92. The summed E-state index contributed by atoms with van der Waals surface area (Å²) in [5.41, 5.74) is 1.95. The monoisotopic (exact) mass is 390 g/mol. The Morgan fingerprint density at radius 2 is 2.17 bits per heavy atom. The molecule has 24 heavy (non-hydrogen) atoms. The highest BCUT2D eigenvalue weighted by Gasteiger charge is 2.16. The molecule has 132 valence electrons. The standard InChI is InChI=1S/C15H18N4O2S.2ClH/c20-14(7-12-9-21-6-5-17-12)18-8-15-19-13(10-22-15)11-1-3-16-4-2-11;;/h1-4,10,12,17H,5-9H2,(H,18,20);2*1H. The molecule has 0 spiro atoms. The summed E-state index contributed by atoms with van der Waals surface area (Å²) < 4.78 is 5.34. The van der Waals surface area contributed by atoms with Gasteiger partial charge in [-0.25, -0.2) is 4.98 Å². The van der Waals surface area contributed by atoms with E-state index in [1.54, 1.807) is 23.7 Å². The molecule has 3 heterocycles. The van der Waals surface area contributed by atoms with E-state index in [1.807, 2.05) is 17.5 Å². The molecule has 0 aliphatic carbocycles. The van der Waals surface area contributed by atoms with Crippen LogP contribution in [0.4, 0.5) is 0 Å². The lowest BCUT2D eigenvalue weighted by Crippen LogP contribution is -2.44. The van der Waals surface area contributed by atoms with Crippen LogP contribution in [-0.2, 0) is 16.1 Å². The number of hydrogen-bond donors (Lipinski definition) is 2. The fourth-order valence-corrected chi connectivity index (χ4v) is 3.01. The molecule has 0 radical (unpaired) electrons. The van der Waals surface area contributed by atoms with Crippen molar-refractivity contribution in [2.24, 2.45) is 0 Å². The van der Waals surface area contributed by atoms with Gasteiger partial charge >= 0.3 is 0 Å². The first-order valence-corrected chi connectivity index (χ1v) is 8.12. The van der Waals surface area contributed by atoms with E-state index in [4.69, 9.17) is 4.74 Å². The second kappa shape index (κ2) is 10.6. The minimum atomic E-state index is 0. The van der Waals surface area contributed by atoms with Crippen molar-refractivity contribution < 1.29 is 9.53 Å². The lowest BCUT2D eigenvalue weighted by molar-refractivity contribution is -0.122. The van der Waals surface area contributed by atoms with Crippen molar-refractivity contribution in [3.05, 3.63) is 34.9 Å². The molecule has 6 nitrogen and oxygen atoms in total. The Hall–Kier alpha value is -1.25. The number of pyridine rings is 1. The van der Waals surface area contributed by atoms with Crippen molar-refractivity contribution in [3.8, 4) is 11.3 Å². The quantitative estimate of drug-likeness (QED) is 0.816. The SMILES string of the molecule is Cl.Cl.O=C(CC1COCCN1)NCc1nc(-c2ccncc2)cs1. The molecule has 0 bridgehead atoms. The zero-order valence-corrected chi connectivity index (χ0v) is 15.4. The molecular weight excluding hydrogens is 371 g/mol. The highest BCUT2D eigenvalue weighted by molar-refractivity contribution is 7.09. The van der Waals surface area contributed by atoms with Crippen molar-refractivity contribution in [3.63, 3.8) is 0 Å². The highest BCUT2D eigenvalue weighted by atomic mass is 35.5. The van der Waals surface area contributed by atoms with Crippen molar-refractivity contribution in [2.75, 3.05) is 19.8 Å². The van der Waals surface area contributed by atoms with E-state index in [0.717, 1.165) is 29.4 Å². The lowest BCUT2D eigenvalue weighted by Gasteiger charge is -2.23. The van der Waals surface area contributed by atoms with Crippen LogP contribution in [0.25, 0.3) is 11.3 Å². The number of thiazole rings is 1. The van der Waals surface area contributed by atoms with E-state index in [2.05, 4.69) is 20.6 Å². The van der Waals surface area contributed by atoms with Crippen molar-refractivity contribution in [1.82, 2.24) is 20.6 Å². The summed E-state index contributed by atoms with van der Waals surface area (Å²) in [5.74, 6) is 0.0173. The summed E-state index contributed by atoms with van der Waals surface area (Å²) in [6.45, 7) is 2.58. The second-order valence-corrected chi connectivity index (χ2v) is 6.01. The van der Waals surface area contributed by atoms with Crippen LogP contribution in [0.2, 0.25) is 0 Å². The Labute approximate surface area is 157 Å². The van der Waals surface area contributed by atoms with Crippen LogP contribution in [0.15, 0.2) is 29.9 Å². The first-order chi connectivity index (χ1) is 10.8. The molecule has 0 aromatic carbocycles. The Balaban J connectivity index is 0.00000144. The Kier molecular flexibility index (Phi) is 9.17. The van der Waals surface area contributed by atoms with E-state index in [-0.39, 0.29) is 36.8 Å². The molecule has 1 aliphatic rings. The lowest BCUT2D eigenvalue weighted by atomic mass is 10.2. The predicted octanol–water partition coefficient (Wildman–Crippen LogP) is 2.04. The van der Waals surface area contributed by atoms with E-state index in [1.165, 1.54) is 0 Å².